The van der Waals surface area contributed by atoms with E-state index >= 15 is 0 Å². The Hall–Kier alpha value is -7.20. The second-order valence-electron chi connectivity index (χ2n) is 13.7. The average Bonchev–Trinajstić information content (AvgIpc) is 3.23. The molecule has 7 rings (SSSR count). The van der Waals surface area contributed by atoms with Crippen molar-refractivity contribution < 1.29 is 19.2 Å². The number of rotatable bonds is 12. The van der Waals surface area contributed by atoms with Gasteiger partial charge >= 0.3 is 0 Å². The maximum Gasteiger partial charge on any atom is 0.257 e. The molecule has 6 aromatic carbocycles. The minimum absolute atomic E-state index is 0.189. The lowest BCUT2D eigenvalue weighted by molar-refractivity contribution is -0.125. The number of anilines is 8. The smallest absolute Gasteiger partial charge is 0.257 e. The molecule has 10 heteroatoms. The van der Waals surface area contributed by atoms with Crippen molar-refractivity contribution in [1.82, 2.24) is 0 Å². The van der Waals surface area contributed by atoms with Gasteiger partial charge in [-0.05, 0) is 123 Å². The molecule has 1 fully saturated rings. The summed E-state index contributed by atoms with van der Waals surface area (Å²) in [7, 11) is 0. The van der Waals surface area contributed by atoms with Gasteiger partial charge in [0, 0.05) is 46.0 Å². The number of benzene rings is 6. The molecule has 0 radical (unpaired) electrons. The highest BCUT2D eigenvalue weighted by Crippen LogP contribution is 2.32. The van der Waals surface area contributed by atoms with Crippen molar-refractivity contribution in [1.29, 1.82) is 0 Å². The minimum Gasteiger partial charge on any atom is -0.356 e. The Balaban J connectivity index is 0.896. The molecule has 0 aliphatic heterocycles. The number of para-hydroxylation sites is 4. The van der Waals surface area contributed by atoms with Gasteiger partial charge in [0.15, 0.2) is 0 Å². The van der Waals surface area contributed by atoms with Gasteiger partial charge in [-0.25, -0.2) is 0 Å². The first-order valence-corrected chi connectivity index (χ1v) is 18.6. The molecule has 1 aliphatic rings. The Morgan fingerprint density at radius 2 is 0.643 bits per heavy atom. The average molecular weight is 743 g/mol. The third-order valence-corrected chi connectivity index (χ3v) is 9.74. The molecule has 6 N–H and O–H groups in total. The number of carbonyl (C=O) groups is 4. The van der Waals surface area contributed by atoms with Crippen LogP contribution in [0.15, 0.2) is 158 Å². The number of hydrogen-bond donors (Lipinski definition) is 6. The van der Waals surface area contributed by atoms with Gasteiger partial charge < -0.3 is 31.9 Å². The lowest BCUT2D eigenvalue weighted by Crippen LogP contribution is -2.32. The van der Waals surface area contributed by atoms with E-state index in [4.69, 9.17) is 0 Å². The van der Waals surface area contributed by atoms with Crippen molar-refractivity contribution in [2.45, 2.75) is 25.7 Å². The summed E-state index contributed by atoms with van der Waals surface area (Å²) in [5.74, 6) is -1.68. The fraction of sp³-hybridized carbons (Fsp3) is 0.130. The Bertz CT molecular complexity index is 2120. The van der Waals surface area contributed by atoms with Crippen LogP contribution in [0.2, 0.25) is 0 Å². The number of nitrogens with one attached hydrogen (secondary N) is 6. The van der Waals surface area contributed by atoms with Crippen LogP contribution in [0, 0.1) is 11.8 Å². The molecule has 0 spiro atoms. The summed E-state index contributed by atoms with van der Waals surface area (Å²) in [6.45, 7) is 0. The van der Waals surface area contributed by atoms with Gasteiger partial charge in [-0.1, -0.05) is 60.7 Å². The van der Waals surface area contributed by atoms with Crippen molar-refractivity contribution in [2.24, 2.45) is 11.8 Å². The van der Waals surface area contributed by atoms with E-state index in [9.17, 15) is 19.2 Å². The molecule has 0 heterocycles. The molecule has 1 saturated carbocycles. The highest BCUT2D eigenvalue weighted by molar-refractivity contribution is 6.11. The van der Waals surface area contributed by atoms with E-state index in [2.05, 4.69) is 31.9 Å². The second kappa shape index (κ2) is 17.7. The minimum atomic E-state index is -0.340. The summed E-state index contributed by atoms with van der Waals surface area (Å²) in [4.78, 5) is 53.5. The van der Waals surface area contributed by atoms with Gasteiger partial charge in [-0.15, -0.1) is 0 Å². The van der Waals surface area contributed by atoms with E-state index in [1.54, 1.807) is 48.5 Å². The predicted octanol–water partition coefficient (Wildman–Crippen LogP) is 10.1. The zero-order valence-corrected chi connectivity index (χ0v) is 30.6. The molecular weight excluding hydrogens is 701 g/mol. The summed E-state index contributed by atoms with van der Waals surface area (Å²) < 4.78 is 0. The number of hydrogen-bond acceptors (Lipinski definition) is 6. The van der Waals surface area contributed by atoms with E-state index in [0.29, 0.717) is 59.6 Å². The summed E-state index contributed by atoms with van der Waals surface area (Å²) in [6, 6.07) is 48.3. The Kier molecular flexibility index (Phi) is 11.8. The van der Waals surface area contributed by atoms with Crippen LogP contribution >= 0.6 is 0 Å². The summed E-state index contributed by atoms with van der Waals surface area (Å²) in [6.07, 6.45) is 2.05. The summed E-state index contributed by atoms with van der Waals surface area (Å²) >= 11 is 0. The second-order valence-corrected chi connectivity index (χ2v) is 13.7. The van der Waals surface area contributed by atoms with Crippen LogP contribution in [-0.2, 0) is 9.59 Å². The lowest BCUT2D eigenvalue weighted by Gasteiger charge is -2.27. The van der Waals surface area contributed by atoms with Crippen LogP contribution in [0.3, 0.4) is 0 Å². The largest absolute Gasteiger partial charge is 0.356 e. The maximum absolute atomic E-state index is 13.4. The molecule has 0 saturated heterocycles. The molecule has 0 bridgehead atoms. The third kappa shape index (κ3) is 9.66. The fourth-order valence-corrected chi connectivity index (χ4v) is 6.71. The van der Waals surface area contributed by atoms with Gasteiger partial charge in [0.05, 0.1) is 22.5 Å². The van der Waals surface area contributed by atoms with Crippen LogP contribution in [0.4, 0.5) is 45.5 Å². The molecule has 0 unspecified atom stereocenters. The Morgan fingerprint density at radius 3 is 1.02 bits per heavy atom. The molecule has 0 aromatic heterocycles. The van der Waals surface area contributed by atoms with Gasteiger partial charge in [-0.2, -0.15) is 0 Å². The standard InChI is InChI=1S/C46H42N6O4/c53-43(51-41-17-9-7-15-39(41)45(55)49-37-27-23-35(24-28-37)47-33-11-3-1-4-12-33)31-19-21-32(22-20-31)44(54)52-42-18-10-8-16-40(42)46(56)50-38-29-25-36(26-30-38)48-34-13-5-2-6-14-34/h1-18,23-32,47-48H,19-22H2,(H,49,55)(H,50,56)(H,51,53)(H,52,54). The Labute approximate surface area is 325 Å². The summed E-state index contributed by atoms with van der Waals surface area (Å²) in [5.41, 5.74) is 6.48. The fourth-order valence-electron chi connectivity index (χ4n) is 6.71. The van der Waals surface area contributed by atoms with Crippen LogP contribution < -0.4 is 31.9 Å². The molecule has 0 atom stereocenters. The van der Waals surface area contributed by atoms with Gasteiger partial charge in [0.1, 0.15) is 0 Å². The van der Waals surface area contributed by atoms with Crippen molar-refractivity contribution in [3.8, 4) is 0 Å². The van der Waals surface area contributed by atoms with Crippen LogP contribution in [0.1, 0.15) is 46.4 Å². The number of carbonyl (C=O) groups excluding carboxylic acids is 4. The molecule has 10 nitrogen and oxygen atoms in total. The van der Waals surface area contributed by atoms with E-state index in [1.165, 1.54) is 0 Å². The van der Waals surface area contributed by atoms with Crippen LogP contribution in [0.25, 0.3) is 0 Å². The maximum atomic E-state index is 13.4. The SMILES string of the molecule is O=C(Nc1ccc(Nc2ccccc2)cc1)c1ccccc1NC(=O)C1CCC(C(=O)Nc2ccccc2C(=O)Nc2ccc(Nc3ccccc3)cc2)CC1. The van der Waals surface area contributed by atoms with E-state index in [-0.39, 0.29) is 35.5 Å². The van der Waals surface area contributed by atoms with E-state index < -0.39 is 0 Å². The summed E-state index contributed by atoms with van der Waals surface area (Å²) in [5, 5.41) is 18.4. The topological polar surface area (TPSA) is 140 Å². The molecular formula is C46H42N6O4. The van der Waals surface area contributed by atoms with Crippen LogP contribution in [-0.4, -0.2) is 23.6 Å². The monoisotopic (exact) mass is 742 g/mol. The van der Waals surface area contributed by atoms with Gasteiger partial charge in [0.2, 0.25) is 11.8 Å². The predicted molar refractivity (Wildman–Crippen MR) is 224 cm³/mol. The van der Waals surface area contributed by atoms with E-state index in [0.717, 1.165) is 22.7 Å². The Morgan fingerprint density at radius 1 is 0.339 bits per heavy atom. The van der Waals surface area contributed by atoms with Crippen molar-refractivity contribution in [3.05, 3.63) is 169 Å². The van der Waals surface area contributed by atoms with Crippen LogP contribution in [0.5, 0.6) is 0 Å². The van der Waals surface area contributed by atoms with Gasteiger partial charge in [0.25, 0.3) is 11.8 Å². The lowest BCUT2D eigenvalue weighted by atomic mass is 9.81. The van der Waals surface area contributed by atoms with Crippen molar-refractivity contribution >= 4 is 69.1 Å². The molecule has 4 amide bonds. The molecule has 280 valence electrons. The van der Waals surface area contributed by atoms with Gasteiger partial charge in [-0.3, -0.25) is 19.2 Å². The highest BCUT2D eigenvalue weighted by Gasteiger charge is 2.31. The highest BCUT2D eigenvalue weighted by atomic mass is 16.2. The molecule has 56 heavy (non-hydrogen) atoms. The normalized spacial score (nSPS) is 14.8. The van der Waals surface area contributed by atoms with Crippen molar-refractivity contribution in [3.63, 3.8) is 0 Å². The first kappa shape index (κ1) is 37.1. The quantitative estimate of drug-likeness (QED) is 0.0738. The first-order valence-electron chi connectivity index (χ1n) is 18.6. The molecule has 6 aromatic rings. The third-order valence-electron chi connectivity index (χ3n) is 9.74. The first-order chi connectivity index (χ1) is 27.4. The zero-order chi connectivity index (χ0) is 38.7. The molecule has 1 aliphatic carbocycles. The zero-order valence-electron chi connectivity index (χ0n) is 30.6. The number of amides is 4. The van der Waals surface area contributed by atoms with E-state index in [1.807, 2.05) is 109 Å². The van der Waals surface area contributed by atoms with Crippen molar-refractivity contribution in [2.75, 3.05) is 31.9 Å².